The lowest BCUT2D eigenvalue weighted by Gasteiger charge is -2.14. The van der Waals surface area contributed by atoms with Crippen LogP contribution in [0, 0.1) is 6.92 Å². The maximum Gasteiger partial charge on any atom is 0.0621 e. The van der Waals surface area contributed by atoms with Gasteiger partial charge in [-0.2, -0.15) is 0 Å². The molecule has 0 saturated carbocycles. The average Bonchev–Trinajstić information content (AvgIpc) is 2.38. The van der Waals surface area contributed by atoms with E-state index >= 15 is 0 Å². The van der Waals surface area contributed by atoms with Gasteiger partial charge >= 0.3 is 0 Å². The Kier molecular flexibility index (Phi) is 4.30. The summed E-state index contributed by atoms with van der Waals surface area (Å²) in [6, 6.07) is 11.5. The second-order valence-corrected chi connectivity index (χ2v) is 4.85. The van der Waals surface area contributed by atoms with E-state index in [-0.39, 0.29) is 6.61 Å². The average molecular weight is 277 g/mol. The third kappa shape index (κ3) is 3.19. The smallest absolute Gasteiger partial charge is 0.0621 e. The van der Waals surface area contributed by atoms with Crippen LogP contribution in [0.1, 0.15) is 11.1 Å². The van der Waals surface area contributed by atoms with Crippen molar-refractivity contribution in [3.05, 3.63) is 52.5 Å². The Morgan fingerprint density at radius 3 is 2.68 bits per heavy atom. The number of rotatable bonds is 4. The Morgan fingerprint density at radius 1 is 1.21 bits per heavy atom. The van der Waals surface area contributed by atoms with Crippen LogP contribution in [-0.4, -0.2) is 11.7 Å². The number of anilines is 3. The van der Waals surface area contributed by atoms with Crippen LogP contribution in [0.3, 0.4) is 0 Å². The molecule has 2 aromatic carbocycles. The van der Waals surface area contributed by atoms with Crippen molar-refractivity contribution in [3.63, 3.8) is 0 Å². The zero-order chi connectivity index (χ0) is 13.8. The van der Waals surface area contributed by atoms with Gasteiger partial charge in [0.25, 0.3) is 0 Å². The van der Waals surface area contributed by atoms with Crippen LogP contribution < -0.4 is 11.1 Å². The van der Waals surface area contributed by atoms with Gasteiger partial charge in [0, 0.05) is 17.3 Å². The largest absolute Gasteiger partial charge is 0.397 e. The van der Waals surface area contributed by atoms with Crippen molar-refractivity contribution in [2.45, 2.75) is 13.3 Å². The third-order valence-electron chi connectivity index (χ3n) is 3.00. The van der Waals surface area contributed by atoms with E-state index in [1.54, 1.807) is 6.07 Å². The van der Waals surface area contributed by atoms with Gasteiger partial charge in [0.05, 0.1) is 11.4 Å². The number of hydrogen-bond acceptors (Lipinski definition) is 3. The maximum absolute atomic E-state index is 9.08. The molecule has 0 aromatic heterocycles. The summed E-state index contributed by atoms with van der Waals surface area (Å²) < 4.78 is 0. The van der Waals surface area contributed by atoms with Crippen LogP contribution in [-0.2, 0) is 6.42 Å². The van der Waals surface area contributed by atoms with Crippen molar-refractivity contribution in [2.24, 2.45) is 0 Å². The fourth-order valence-corrected chi connectivity index (χ4v) is 2.10. The Labute approximate surface area is 118 Å². The predicted molar refractivity (Wildman–Crippen MR) is 81.1 cm³/mol. The molecule has 0 fully saturated rings. The van der Waals surface area contributed by atoms with Crippen molar-refractivity contribution in [3.8, 4) is 0 Å². The molecule has 0 radical (unpaired) electrons. The highest BCUT2D eigenvalue weighted by atomic mass is 35.5. The fourth-order valence-electron chi connectivity index (χ4n) is 1.93. The molecule has 4 heteroatoms. The summed E-state index contributed by atoms with van der Waals surface area (Å²) in [6.07, 6.45) is 0.607. The molecular formula is C15H17ClN2O. The molecule has 0 aliphatic rings. The van der Waals surface area contributed by atoms with Gasteiger partial charge in [-0.3, -0.25) is 0 Å². The summed E-state index contributed by atoms with van der Waals surface area (Å²) >= 11 is 6.03. The highest BCUT2D eigenvalue weighted by Crippen LogP contribution is 2.30. The van der Waals surface area contributed by atoms with Crippen molar-refractivity contribution in [1.29, 1.82) is 0 Å². The number of aliphatic hydroxyl groups is 1. The van der Waals surface area contributed by atoms with E-state index in [9.17, 15) is 0 Å². The minimum Gasteiger partial charge on any atom is -0.397 e. The first-order valence-electron chi connectivity index (χ1n) is 6.13. The molecule has 0 atom stereocenters. The van der Waals surface area contributed by atoms with Gasteiger partial charge in [-0.1, -0.05) is 29.8 Å². The summed E-state index contributed by atoms with van der Waals surface area (Å²) in [5.41, 5.74) is 10.4. The van der Waals surface area contributed by atoms with Crippen molar-refractivity contribution < 1.29 is 5.11 Å². The summed E-state index contributed by atoms with van der Waals surface area (Å²) in [6.45, 7) is 2.06. The summed E-state index contributed by atoms with van der Waals surface area (Å²) in [4.78, 5) is 0. The lowest BCUT2D eigenvalue weighted by molar-refractivity contribution is 0.300. The monoisotopic (exact) mass is 276 g/mol. The maximum atomic E-state index is 9.08. The molecule has 0 heterocycles. The summed E-state index contributed by atoms with van der Waals surface area (Å²) in [5, 5.41) is 13.0. The van der Waals surface area contributed by atoms with Gasteiger partial charge in [-0.25, -0.2) is 0 Å². The number of para-hydroxylation sites is 1. The first-order valence-corrected chi connectivity index (χ1v) is 6.51. The fraction of sp³-hybridized carbons (Fsp3) is 0.200. The summed E-state index contributed by atoms with van der Waals surface area (Å²) in [7, 11) is 0. The van der Waals surface area contributed by atoms with Crippen LogP contribution in [0.5, 0.6) is 0 Å². The first-order chi connectivity index (χ1) is 9.11. The molecule has 0 unspecified atom stereocenters. The minimum atomic E-state index is 0.119. The lowest BCUT2D eigenvalue weighted by atomic mass is 10.1. The zero-order valence-electron chi connectivity index (χ0n) is 10.8. The number of nitrogens with one attached hydrogen (secondary N) is 1. The number of benzene rings is 2. The molecular weight excluding hydrogens is 260 g/mol. The van der Waals surface area contributed by atoms with Crippen molar-refractivity contribution in [1.82, 2.24) is 0 Å². The molecule has 0 saturated heterocycles. The quantitative estimate of drug-likeness (QED) is 0.749. The topological polar surface area (TPSA) is 58.3 Å². The number of aliphatic hydroxyl groups excluding tert-OH is 1. The Bertz CT molecular complexity index is 584. The number of nitrogens with two attached hydrogens (primary N) is 1. The number of halogens is 1. The SMILES string of the molecule is Cc1cc(Nc2ccccc2CCO)c(N)cc1Cl. The molecule has 0 aliphatic heterocycles. The van der Waals surface area contributed by atoms with Crippen LogP contribution >= 0.6 is 11.6 Å². The van der Waals surface area contributed by atoms with Crippen molar-refractivity contribution in [2.75, 3.05) is 17.7 Å². The normalized spacial score (nSPS) is 10.5. The number of nitrogen functional groups attached to an aromatic ring is 1. The van der Waals surface area contributed by atoms with E-state index in [1.807, 2.05) is 37.3 Å². The van der Waals surface area contributed by atoms with Gasteiger partial charge in [0.2, 0.25) is 0 Å². The van der Waals surface area contributed by atoms with Crippen molar-refractivity contribution >= 4 is 28.7 Å². The highest BCUT2D eigenvalue weighted by molar-refractivity contribution is 6.31. The van der Waals surface area contributed by atoms with E-state index in [1.165, 1.54) is 0 Å². The standard InChI is InChI=1S/C15H17ClN2O/c1-10-8-15(13(17)9-12(10)16)18-14-5-3-2-4-11(14)6-7-19/h2-5,8-9,18-19H,6-7,17H2,1H3. The molecule has 19 heavy (non-hydrogen) atoms. The van der Waals surface area contributed by atoms with Gasteiger partial charge in [-0.05, 0) is 42.7 Å². The Balaban J connectivity index is 2.33. The second kappa shape index (κ2) is 5.95. The van der Waals surface area contributed by atoms with E-state index in [2.05, 4.69) is 5.32 Å². The molecule has 2 aromatic rings. The second-order valence-electron chi connectivity index (χ2n) is 4.44. The number of hydrogen-bond donors (Lipinski definition) is 3. The van der Waals surface area contributed by atoms with Crippen LogP contribution in [0.15, 0.2) is 36.4 Å². The predicted octanol–water partition coefficient (Wildman–Crippen LogP) is 3.51. The molecule has 2 rings (SSSR count). The zero-order valence-corrected chi connectivity index (χ0v) is 11.5. The molecule has 3 nitrogen and oxygen atoms in total. The Hall–Kier alpha value is -1.71. The van der Waals surface area contributed by atoms with E-state index in [0.717, 1.165) is 22.5 Å². The number of aryl methyl sites for hydroxylation is 1. The van der Waals surface area contributed by atoms with Gasteiger partial charge in [0.15, 0.2) is 0 Å². The molecule has 0 spiro atoms. The molecule has 4 N–H and O–H groups in total. The van der Waals surface area contributed by atoms with E-state index in [0.29, 0.717) is 17.1 Å². The molecule has 0 bridgehead atoms. The molecule has 0 aliphatic carbocycles. The lowest BCUT2D eigenvalue weighted by Crippen LogP contribution is -2.01. The molecule has 0 amide bonds. The highest BCUT2D eigenvalue weighted by Gasteiger charge is 2.06. The minimum absolute atomic E-state index is 0.119. The van der Waals surface area contributed by atoms with E-state index < -0.39 is 0 Å². The van der Waals surface area contributed by atoms with E-state index in [4.69, 9.17) is 22.4 Å². The van der Waals surface area contributed by atoms with Crippen LogP contribution in [0.4, 0.5) is 17.1 Å². The summed E-state index contributed by atoms with van der Waals surface area (Å²) in [5.74, 6) is 0. The third-order valence-corrected chi connectivity index (χ3v) is 3.41. The first kappa shape index (κ1) is 13.7. The van der Waals surface area contributed by atoms with Gasteiger partial charge in [-0.15, -0.1) is 0 Å². The Morgan fingerprint density at radius 2 is 1.95 bits per heavy atom. The van der Waals surface area contributed by atoms with Gasteiger partial charge < -0.3 is 16.2 Å². The van der Waals surface area contributed by atoms with Gasteiger partial charge in [0.1, 0.15) is 0 Å². The van der Waals surface area contributed by atoms with Crippen LogP contribution in [0.25, 0.3) is 0 Å². The molecule has 100 valence electrons. The van der Waals surface area contributed by atoms with Crippen LogP contribution in [0.2, 0.25) is 5.02 Å².